The van der Waals surface area contributed by atoms with Crippen LogP contribution in [0.2, 0.25) is 0 Å². The van der Waals surface area contributed by atoms with E-state index in [9.17, 15) is 22.8 Å². The number of amides is 4. The molecule has 1 aromatic carbocycles. The van der Waals surface area contributed by atoms with Gasteiger partial charge >= 0.3 is 6.03 Å². The molecule has 0 radical (unpaired) electrons. The molecule has 1 spiro atoms. The van der Waals surface area contributed by atoms with Gasteiger partial charge in [0.1, 0.15) is 5.54 Å². The molecule has 2 aliphatic heterocycles. The summed E-state index contributed by atoms with van der Waals surface area (Å²) in [7, 11) is -3.84. The normalized spacial score (nSPS) is 26.2. The van der Waals surface area contributed by atoms with E-state index in [4.69, 9.17) is 4.74 Å². The second-order valence-electron chi connectivity index (χ2n) is 8.76. The molecule has 0 unspecified atom stereocenters. The Morgan fingerprint density at radius 1 is 1.12 bits per heavy atom. The Kier molecular flexibility index (Phi) is 5.99. The number of morpholine rings is 1. The van der Waals surface area contributed by atoms with E-state index in [-0.39, 0.29) is 35.8 Å². The SMILES string of the molecule is C[C@@H]1CN(S(=O)(=O)c2cccc(C(=O)NN3C(=O)NC4(CCCCC4)C3=O)c2)C[C@@H](C)O1. The molecule has 3 fully saturated rings. The van der Waals surface area contributed by atoms with E-state index in [1.165, 1.54) is 28.6 Å². The van der Waals surface area contributed by atoms with Crippen LogP contribution in [0.4, 0.5) is 4.79 Å². The molecule has 4 amide bonds. The summed E-state index contributed by atoms with van der Waals surface area (Å²) in [4.78, 5) is 38.0. The van der Waals surface area contributed by atoms with Crippen LogP contribution in [0.25, 0.3) is 0 Å². The number of rotatable bonds is 4. The van der Waals surface area contributed by atoms with Crippen molar-refractivity contribution in [3.05, 3.63) is 29.8 Å². The highest BCUT2D eigenvalue weighted by molar-refractivity contribution is 7.89. The number of hydrogen-bond acceptors (Lipinski definition) is 6. The molecule has 2 atom stereocenters. The number of hydrogen-bond donors (Lipinski definition) is 2. The number of carbonyl (C=O) groups is 3. The van der Waals surface area contributed by atoms with Crippen molar-refractivity contribution in [2.45, 2.75) is 68.6 Å². The molecule has 2 N–H and O–H groups in total. The second kappa shape index (κ2) is 8.45. The zero-order valence-electron chi connectivity index (χ0n) is 18.2. The average Bonchev–Trinajstić information content (AvgIpc) is 2.97. The summed E-state index contributed by atoms with van der Waals surface area (Å²) in [6, 6.07) is 4.90. The Hall–Kier alpha value is -2.50. The van der Waals surface area contributed by atoms with Gasteiger partial charge in [-0.2, -0.15) is 9.31 Å². The summed E-state index contributed by atoms with van der Waals surface area (Å²) in [5, 5.41) is 3.43. The lowest BCUT2D eigenvalue weighted by Gasteiger charge is -2.34. The number of imide groups is 1. The smallest absolute Gasteiger partial charge is 0.344 e. The molecule has 2 heterocycles. The molecule has 11 heteroatoms. The number of benzene rings is 1. The summed E-state index contributed by atoms with van der Waals surface area (Å²) in [6.07, 6.45) is 3.24. The number of ether oxygens (including phenoxy) is 1. The average molecular weight is 465 g/mol. The fourth-order valence-electron chi connectivity index (χ4n) is 4.66. The topological polar surface area (TPSA) is 125 Å². The number of hydrazine groups is 1. The van der Waals surface area contributed by atoms with Gasteiger partial charge in [-0.3, -0.25) is 15.0 Å². The molecular formula is C21H28N4O6S. The van der Waals surface area contributed by atoms with Crippen LogP contribution in [0.15, 0.2) is 29.2 Å². The van der Waals surface area contributed by atoms with Crippen molar-refractivity contribution in [3.63, 3.8) is 0 Å². The summed E-state index contributed by atoms with van der Waals surface area (Å²) in [6.45, 7) is 4.04. The first-order chi connectivity index (χ1) is 15.1. The van der Waals surface area contributed by atoms with Gasteiger partial charge in [-0.15, -0.1) is 0 Å². The largest absolute Gasteiger partial charge is 0.373 e. The molecule has 4 rings (SSSR count). The third-order valence-corrected chi connectivity index (χ3v) is 8.03. The van der Waals surface area contributed by atoms with Gasteiger partial charge in [0, 0.05) is 18.7 Å². The quantitative estimate of drug-likeness (QED) is 0.649. The van der Waals surface area contributed by atoms with Crippen LogP contribution in [0.5, 0.6) is 0 Å². The zero-order chi connectivity index (χ0) is 23.1. The van der Waals surface area contributed by atoms with Crippen LogP contribution in [0.1, 0.15) is 56.3 Å². The number of nitrogens with one attached hydrogen (secondary N) is 2. The summed E-state index contributed by atoms with van der Waals surface area (Å²) >= 11 is 0. The molecular weight excluding hydrogens is 436 g/mol. The van der Waals surface area contributed by atoms with Gasteiger partial charge in [-0.05, 0) is 44.9 Å². The minimum atomic E-state index is -3.84. The first-order valence-corrected chi connectivity index (χ1v) is 12.3. The molecule has 1 aromatic rings. The fraction of sp³-hybridized carbons (Fsp3) is 0.571. The lowest BCUT2D eigenvalue weighted by atomic mass is 9.82. The van der Waals surface area contributed by atoms with Gasteiger partial charge in [0.05, 0.1) is 17.1 Å². The van der Waals surface area contributed by atoms with Crippen molar-refractivity contribution in [2.24, 2.45) is 0 Å². The highest BCUT2D eigenvalue weighted by atomic mass is 32.2. The highest BCUT2D eigenvalue weighted by Gasteiger charge is 2.52. The van der Waals surface area contributed by atoms with Crippen LogP contribution < -0.4 is 10.7 Å². The van der Waals surface area contributed by atoms with Gasteiger partial charge in [0.25, 0.3) is 11.8 Å². The lowest BCUT2D eigenvalue weighted by molar-refractivity contribution is -0.134. The first kappa shape index (κ1) is 22.7. The maximum Gasteiger partial charge on any atom is 0.344 e. The highest BCUT2D eigenvalue weighted by Crippen LogP contribution is 2.33. The van der Waals surface area contributed by atoms with Crippen molar-refractivity contribution < 1.29 is 27.5 Å². The molecule has 2 saturated heterocycles. The lowest BCUT2D eigenvalue weighted by Crippen LogP contribution is -2.51. The van der Waals surface area contributed by atoms with Crippen molar-refractivity contribution in [1.82, 2.24) is 20.1 Å². The van der Waals surface area contributed by atoms with Crippen LogP contribution in [-0.2, 0) is 19.6 Å². The van der Waals surface area contributed by atoms with Crippen molar-refractivity contribution in [1.29, 1.82) is 0 Å². The van der Waals surface area contributed by atoms with Crippen LogP contribution in [0, 0.1) is 0 Å². The number of carbonyl (C=O) groups excluding carboxylic acids is 3. The van der Waals surface area contributed by atoms with Crippen molar-refractivity contribution >= 4 is 27.9 Å². The Bertz CT molecular complexity index is 1030. The third-order valence-electron chi connectivity index (χ3n) is 6.20. The summed E-state index contributed by atoms with van der Waals surface area (Å²) in [5.41, 5.74) is 1.42. The summed E-state index contributed by atoms with van der Waals surface area (Å²) < 4.78 is 33.2. The predicted molar refractivity (Wildman–Crippen MR) is 114 cm³/mol. The van der Waals surface area contributed by atoms with E-state index >= 15 is 0 Å². The van der Waals surface area contributed by atoms with E-state index in [2.05, 4.69) is 10.7 Å². The standard InChI is InChI=1S/C21H28N4O6S/c1-14-12-24(13-15(2)31-14)32(29,30)17-8-6-7-16(11-17)18(26)23-25-19(27)21(22-20(25)28)9-4-3-5-10-21/h6-8,11,14-15H,3-5,9-10,12-13H2,1-2H3,(H,22,28)(H,23,26)/t14-,15-/m1/s1. The Labute approximate surface area is 187 Å². The van der Waals surface area contributed by atoms with Gasteiger partial charge < -0.3 is 10.1 Å². The Balaban J connectivity index is 1.51. The molecule has 10 nitrogen and oxygen atoms in total. The van der Waals surface area contributed by atoms with E-state index < -0.39 is 33.4 Å². The molecule has 1 aliphatic carbocycles. The van der Waals surface area contributed by atoms with E-state index in [0.717, 1.165) is 19.3 Å². The van der Waals surface area contributed by atoms with Crippen LogP contribution in [-0.4, -0.2) is 66.4 Å². The monoisotopic (exact) mass is 464 g/mol. The first-order valence-electron chi connectivity index (χ1n) is 10.9. The second-order valence-corrected chi connectivity index (χ2v) is 10.7. The fourth-order valence-corrected chi connectivity index (χ4v) is 6.29. The predicted octanol–water partition coefficient (Wildman–Crippen LogP) is 1.38. The van der Waals surface area contributed by atoms with E-state index in [1.54, 1.807) is 13.8 Å². The number of nitrogens with zero attached hydrogens (tertiary/aromatic N) is 2. The molecule has 32 heavy (non-hydrogen) atoms. The molecule has 3 aliphatic rings. The van der Waals surface area contributed by atoms with Crippen LogP contribution in [0.3, 0.4) is 0 Å². The third kappa shape index (κ3) is 4.12. The van der Waals surface area contributed by atoms with Gasteiger partial charge in [-0.25, -0.2) is 13.2 Å². The molecule has 0 bridgehead atoms. The number of urea groups is 1. The van der Waals surface area contributed by atoms with Crippen LogP contribution >= 0.6 is 0 Å². The summed E-state index contributed by atoms with van der Waals surface area (Å²) in [5.74, 6) is -1.21. The molecule has 0 aromatic heterocycles. The molecule has 174 valence electrons. The van der Waals surface area contributed by atoms with Gasteiger partial charge in [0.15, 0.2) is 0 Å². The van der Waals surface area contributed by atoms with Gasteiger partial charge in [-0.1, -0.05) is 25.3 Å². The Morgan fingerprint density at radius 2 is 1.78 bits per heavy atom. The zero-order valence-corrected chi connectivity index (χ0v) is 19.0. The Morgan fingerprint density at radius 3 is 2.44 bits per heavy atom. The maximum atomic E-state index is 13.1. The minimum Gasteiger partial charge on any atom is -0.373 e. The van der Waals surface area contributed by atoms with E-state index in [1.807, 2.05) is 0 Å². The van der Waals surface area contributed by atoms with Crippen molar-refractivity contribution in [3.8, 4) is 0 Å². The van der Waals surface area contributed by atoms with Crippen molar-refractivity contribution in [2.75, 3.05) is 13.1 Å². The maximum absolute atomic E-state index is 13.1. The molecule has 1 saturated carbocycles. The minimum absolute atomic E-state index is 0.0330. The van der Waals surface area contributed by atoms with Gasteiger partial charge in [0.2, 0.25) is 10.0 Å². The number of sulfonamides is 1. The van der Waals surface area contributed by atoms with E-state index in [0.29, 0.717) is 17.9 Å².